The zero-order chi connectivity index (χ0) is 13.3. The second-order valence-electron chi connectivity index (χ2n) is 3.76. The standard InChI is InChI=1S/C10H10F2N4O2/c1-5-4-6(9(11)12)16-10(13-5)14-7(15-16)2-3-8(17)18/h4,9H,2-3H2,1H3,(H,17,18). The maximum absolute atomic E-state index is 12.8. The summed E-state index contributed by atoms with van der Waals surface area (Å²) in [6, 6.07) is 1.23. The van der Waals surface area contributed by atoms with Crippen LogP contribution in [-0.2, 0) is 11.2 Å². The van der Waals surface area contributed by atoms with E-state index in [-0.39, 0.29) is 30.1 Å². The molecule has 96 valence electrons. The molecule has 0 fully saturated rings. The molecular weight excluding hydrogens is 246 g/mol. The van der Waals surface area contributed by atoms with Crippen molar-refractivity contribution in [2.45, 2.75) is 26.2 Å². The number of aliphatic carboxylic acids is 1. The maximum Gasteiger partial charge on any atom is 0.303 e. The highest BCUT2D eigenvalue weighted by atomic mass is 19.3. The van der Waals surface area contributed by atoms with Gasteiger partial charge < -0.3 is 5.11 Å². The largest absolute Gasteiger partial charge is 0.481 e. The molecule has 2 rings (SSSR count). The van der Waals surface area contributed by atoms with E-state index in [2.05, 4.69) is 15.1 Å². The maximum atomic E-state index is 12.8. The summed E-state index contributed by atoms with van der Waals surface area (Å²) in [6.45, 7) is 1.58. The van der Waals surface area contributed by atoms with Crippen LogP contribution in [0, 0.1) is 6.92 Å². The molecule has 2 aromatic heterocycles. The lowest BCUT2D eigenvalue weighted by molar-refractivity contribution is -0.137. The van der Waals surface area contributed by atoms with Gasteiger partial charge in [0.1, 0.15) is 5.69 Å². The number of carboxylic acids is 1. The summed E-state index contributed by atoms with van der Waals surface area (Å²) in [4.78, 5) is 18.3. The van der Waals surface area contributed by atoms with Crippen molar-refractivity contribution in [3.05, 3.63) is 23.3 Å². The van der Waals surface area contributed by atoms with E-state index >= 15 is 0 Å². The Hall–Kier alpha value is -2.12. The van der Waals surface area contributed by atoms with Gasteiger partial charge in [0.2, 0.25) is 0 Å². The van der Waals surface area contributed by atoms with Crippen LogP contribution in [0.2, 0.25) is 0 Å². The predicted molar refractivity (Wildman–Crippen MR) is 56.4 cm³/mol. The SMILES string of the molecule is Cc1cc(C(F)F)n2nc(CCC(=O)O)nc2n1. The number of fused-ring (bicyclic) bond motifs is 1. The molecule has 0 unspecified atom stereocenters. The van der Waals surface area contributed by atoms with Gasteiger partial charge in [-0.05, 0) is 13.0 Å². The monoisotopic (exact) mass is 256 g/mol. The second-order valence-corrected chi connectivity index (χ2v) is 3.76. The average molecular weight is 256 g/mol. The number of hydrogen-bond donors (Lipinski definition) is 1. The third-order valence-electron chi connectivity index (χ3n) is 2.30. The van der Waals surface area contributed by atoms with Crippen molar-refractivity contribution in [3.63, 3.8) is 0 Å². The summed E-state index contributed by atoms with van der Waals surface area (Å²) >= 11 is 0. The molecule has 2 heterocycles. The van der Waals surface area contributed by atoms with Gasteiger partial charge in [-0.15, -0.1) is 5.10 Å². The molecule has 0 aromatic carbocycles. The van der Waals surface area contributed by atoms with Gasteiger partial charge in [-0.3, -0.25) is 4.79 Å². The van der Waals surface area contributed by atoms with Crippen LogP contribution in [0.5, 0.6) is 0 Å². The van der Waals surface area contributed by atoms with Gasteiger partial charge in [0.05, 0.1) is 6.42 Å². The first-order valence-electron chi connectivity index (χ1n) is 5.20. The van der Waals surface area contributed by atoms with Gasteiger partial charge in [-0.1, -0.05) is 0 Å². The number of aromatic nitrogens is 4. The minimum Gasteiger partial charge on any atom is -0.481 e. The Morgan fingerprint density at radius 1 is 1.50 bits per heavy atom. The van der Waals surface area contributed by atoms with Crippen LogP contribution < -0.4 is 0 Å². The van der Waals surface area contributed by atoms with Crippen LogP contribution >= 0.6 is 0 Å². The van der Waals surface area contributed by atoms with Crippen molar-refractivity contribution < 1.29 is 18.7 Å². The normalized spacial score (nSPS) is 11.3. The molecule has 0 aliphatic heterocycles. The van der Waals surface area contributed by atoms with E-state index in [0.29, 0.717) is 5.69 Å². The predicted octanol–water partition coefficient (Wildman–Crippen LogP) is 1.39. The summed E-state index contributed by atoms with van der Waals surface area (Å²) in [5.41, 5.74) is 0.113. The number of halogens is 2. The number of carbonyl (C=O) groups is 1. The summed E-state index contributed by atoms with van der Waals surface area (Å²) in [5.74, 6) is -0.741. The van der Waals surface area contributed by atoms with Crippen LogP contribution in [-0.4, -0.2) is 30.7 Å². The topological polar surface area (TPSA) is 80.4 Å². The van der Waals surface area contributed by atoms with E-state index in [1.165, 1.54) is 6.07 Å². The lowest BCUT2D eigenvalue weighted by Gasteiger charge is -2.02. The van der Waals surface area contributed by atoms with Crippen LogP contribution in [0.3, 0.4) is 0 Å². The highest BCUT2D eigenvalue weighted by Crippen LogP contribution is 2.19. The third-order valence-corrected chi connectivity index (χ3v) is 2.30. The molecule has 0 aliphatic carbocycles. The molecular formula is C10H10F2N4O2. The molecule has 0 spiro atoms. The molecule has 2 aromatic rings. The van der Waals surface area contributed by atoms with Gasteiger partial charge >= 0.3 is 5.97 Å². The molecule has 0 saturated carbocycles. The average Bonchev–Trinajstić information content (AvgIpc) is 2.67. The lowest BCUT2D eigenvalue weighted by Crippen LogP contribution is -2.03. The van der Waals surface area contributed by atoms with Crippen molar-refractivity contribution in [2.75, 3.05) is 0 Å². The summed E-state index contributed by atoms with van der Waals surface area (Å²) in [6.07, 6.45) is -2.76. The zero-order valence-electron chi connectivity index (χ0n) is 9.47. The summed E-state index contributed by atoms with van der Waals surface area (Å²) in [7, 11) is 0. The van der Waals surface area contributed by atoms with Crippen molar-refractivity contribution in [1.29, 1.82) is 0 Å². The summed E-state index contributed by atoms with van der Waals surface area (Å²) < 4.78 is 26.5. The second kappa shape index (κ2) is 4.63. The number of nitrogens with zero attached hydrogens (tertiary/aromatic N) is 4. The van der Waals surface area contributed by atoms with Gasteiger partial charge in [-0.25, -0.2) is 13.8 Å². The lowest BCUT2D eigenvalue weighted by atomic mass is 10.3. The van der Waals surface area contributed by atoms with Gasteiger partial charge in [0.25, 0.3) is 12.2 Å². The van der Waals surface area contributed by atoms with Gasteiger partial charge in [0.15, 0.2) is 5.82 Å². The fraction of sp³-hybridized carbons (Fsp3) is 0.400. The van der Waals surface area contributed by atoms with Crippen LogP contribution in [0.15, 0.2) is 6.07 Å². The quantitative estimate of drug-likeness (QED) is 0.894. The van der Waals surface area contributed by atoms with Gasteiger partial charge in [-0.2, -0.15) is 9.50 Å². The van der Waals surface area contributed by atoms with E-state index in [1.54, 1.807) is 6.92 Å². The first-order chi connectivity index (χ1) is 8.47. The summed E-state index contributed by atoms with van der Waals surface area (Å²) in [5, 5.41) is 12.4. The minimum absolute atomic E-state index is 0.0608. The number of alkyl halides is 2. The Balaban J connectivity index is 2.43. The molecule has 0 bridgehead atoms. The number of carboxylic acid groups (broad SMARTS) is 1. The molecule has 18 heavy (non-hydrogen) atoms. The smallest absolute Gasteiger partial charge is 0.303 e. The molecule has 0 atom stereocenters. The van der Waals surface area contributed by atoms with E-state index in [1.807, 2.05) is 0 Å². The molecule has 0 aliphatic rings. The Morgan fingerprint density at radius 3 is 2.83 bits per heavy atom. The van der Waals surface area contributed by atoms with E-state index in [9.17, 15) is 13.6 Å². The Bertz CT molecular complexity index is 597. The highest BCUT2D eigenvalue weighted by molar-refractivity contribution is 5.66. The minimum atomic E-state index is -2.69. The molecule has 1 N–H and O–H groups in total. The van der Waals surface area contributed by atoms with Crippen molar-refractivity contribution in [2.24, 2.45) is 0 Å². The Morgan fingerprint density at radius 2 is 2.22 bits per heavy atom. The van der Waals surface area contributed by atoms with E-state index in [4.69, 9.17) is 5.11 Å². The van der Waals surface area contributed by atoms with E-state index in [0.717, 1.165) is 4.52 Å². The van der Waals surface area contributed by atoms with Gasteiger partial charge in [0, 0.05) is 12.1 Å². The van der Waals surface area contributed by atoms with Crippen molar-refractivity contribution >= 4 is 11.7 Å². The van der Waals surface area contributed by atoms with Crippen molar-refractivity contribution in [1.82, 2.24) is 19.6 Å². The number of aryl methyl sites for hydroxylation is 2. The molecule has 0 saturated heterocycles. The zero-order valence-corrected chi connectivity index (χ0v) is 9.47. The fourth-order valence-electron chi connectivity index (χ4n) is 1.54. The molecule has 0 amide bonds. The number of hydrogen-bond acceptors (Lipinski definition) is 4. The first kappa shape index (κ1) is 12.3. The third kappa shape index (κ3) is 2.41. The van der Waals surface area contributed by atoms with Crippen LogP contribution in [0.4, 0.5) is 8.78 Å². The first-order valence-corrected chi connectivity index (χ1v) is 5.20. The molecule has 6 nitrogen and oxygen atoms in total. The fourth-order valence-corrected chi connectivity index (χ4v) is 1.54. The Kier molecular flexibility index (Phi) is 3.17. The van der Waals surface area contributed by atoms with Crippen LogP contribution in [0.1, 0.15) is 30.1 Å². The van der Waals surface area contributed by atoms with Crippen molar-refractivity contribution in [3.8, 4) is 0 Å². The Labute approximate surface area is 100 Å². The highest BCUT2D eigenvalue weighted by Gasteiger charge is 2.16. The molecule has 0 radical (unpaired) electrons. The van der Waals surface area contributed by atoms with Crippen LogP contribution in [0.25, 0.3) is 5.78 Å². The molecule has 8 heteroatoms. The number of rotatable bonds is 4. The van der Waals surface area contributed by atoms with E-state index < -0.39 is 12.4 Å².